The normalized spacial score (nSPS) is 12.7. The van der Waals surface area contributed by atoms with Gasteiger partial charge in [0.05, 0.1) is 16.7 Å². The SMILES string of the molecule is C1=CCc2c(oc3c(N(c4ccc(-c5ccc6oc7ccccc7c6c5)cc4)c4ccc5c6ccccc6n(-c6ccccc6)c5c4)cccc23)C=C1. The first kappa shape index (κ1) is 29.7. The summed E-state index contributed by atoms with van der Waals surface area (Å²) in [6.07, 6.45) is 9.25. The summed E-state index contributed by atoms with van der Waals surface area (Å²) >= 11 is 0. The maximum absolute atomic E-state index is 6.73. The number of para-hydroxylation sites is 4. The van der Waals surface area contributed by atoms with E-state index in [0.29, 0.717) is 0 Å². The molecule has 3 heterocycles. The lowest BCUT2D eigenvalue weighted by Crippen LogP contribution is -2.10. The van der Waals surface area contributed by atoms with Crippen molar-refractivity contribution in [1.29, 1.82) is 0 Å². The molecular weight excluding hydrogens is 649 g/mol. The number of benzene rings is 7. The minimum Gasteiger partial charge on any atom is -0.456 e. The summed E-state index contributed by atoms with van der Waals surface area (Å²) in [5.74, 6) is 0.912. The standard InChI is InChI=1S/C49H32N2O2/c1-3-12-34(13-4-1)51-43-18-9-7-14-37(43)38-28-27-36(31-45(38)51)50(44-19-11-17-41-39-15-5-2-6-20-47(39)53-49(41)44)35-25-22-32(23-26-35)33-24-29-48-42(30-33)40-16-8-10-21-46(40)52-48/h1-14,16-31H,15H2. The highest BCUT2D eigenvalue weighted by atomic mass is 16.3. The zero-order chi connectivity index (χ0) is 34.9. The summed E-state index contributed by atoms with van der Waals surface area (Å²) in [6, 6.07) is 56.2. The largest absolute Gasteiger partial charge is 0.456 e. The van der Waals surface area contributed by atoms with Gasteiger partial charge in [0.15, 0.2) is 5.58 Å². The van der Waals surface area contributed by atoms with Crippen molar-refractivity contribution in [2.75, 3.05) is 4.90 Å². The van der Waals surface area contributed by atoms with E-state index < -0.39 is 0 Å². The van der Waals surface area contributed by atoms with Gasteiger partial charge in [-0.1, -0.05) is 109 Å². The van der Waals surface area contributed by atoms with Gasteiger partial charge in [-0.25, -0.2) is 0 Å². The second kappa shape index (κ2) is 11.8. The van der Waals surface area contributed by atoms with E-state index >= 15 is 0 Å². The Morgan fingerprint density at radius 1 is 0.491 bits per heavy atom. The summed E-state index contributed by atoms with van der Waals surface area (Å²) < 4.78 is 15.2. The Kier molecular flexibility index (Phi) is 6.58. The maximum Gasteiger partial charge on any atom is 0.159 e. The number of anilines is 3. The molecule has 0 bridgehead atoms. The molecule has 0 spiro atoms. The number of fused-ring (bicyclic) bond motifs is 9. The Morgan fingerprint density at radius 2 is 1.23 bits per heavy atom. The van der Waals surface area contributed by atoms with Crippen molar-refractivity contribution in [3.8, 4) is 16.8 Å². The molecule has 11 rings (SSSR count). The van der Waals surface area contributed by atoms with E-state index in [-0.39, 0.29) is 0 Å². The number of hydrogen-bond donors (Lipinski definition) is 0. The van der Waals surface area contributed by atoms with Crippen LogP contribution in [0.4, 0.5) is 17.1 Å². The zero-order valence-electron chi connectivity index (χ0n) is 28.7. The highest BCUT2D eigenvalue weighted by molar-refractivity contribution is 6.11. The second-order valence-corrected chi connectivity index (χ2v) is 13.7. The third kappa shape index (κ3) is 4.69. The van der Waals surface area contributed by atoms with Crippen LogP contribution in [0.1, 0.15) is 11.3 Å². The molecule has 10 aromatic rings. The fraction of sp³-hybridized carbons (Fsp3) is 0.0204. The number of furan rings is 2. The molecule has 0 saturated carbocycles. The Morgan fingerprint density at radius 3 is 2.13 bits per heavy atom. The van der Waals surface area contributed by atoms with Crippen LogP contribution in [0.3, 0.4) is 0 Å². The molecule has 250 valence electrons. The van der Waals surface area contributed by atoms with Crippen LogP contribution in [0, 0.1) is 0 Å². The van der Waals surface area contributed by atoms with Crippen molar-refractivity contribution in [3.05, 3.63) is 187 Å². The van der Waals surface area contributed by atoms with Crippen molar-refractivity contribution in [2.24, 2.45) is 0 Å². The molecule has 0 amide bonds. The van der Waals surface area contributed by atoms with Crippen LogP contribution in [-0.2, 0) is 6.42 Å². The van der Waals surface area contributed by atoms with E-state index in [9.17, 15) is 0 Å². The maximum atomic E-state index is 6.73. The molecular formula is C49H32N2O2. The van der Waals surface area contributed by atoms with Crippen LogP contribution in [0.15, 0.2) is 185 Å². The Labute approximate surface area is 305 Å². The first-order chi connectivity index (χ1) is 26.3. The van der Waals surface area contributed by atoms with Crippen molar-refractivity contribution >= 4 is 77.9 Å². The van der Waals surface area contributed by atoms with Gasteiger partial charge in [0.25, 0.3) is 0 Å². The molecule has 4 nitrogen and oxygen atoms in total. The van der Waals surface area contributed by atoms with Crippen LogP contribution in [-0.4, -0.2) is 4.57 Å². The van der Waals surface area contributed by atoms with Crippen LogP contribution in [0.5, 0.6) is 0 Å². The van der Waals surface area contributed by atoms with Gasteiger partial charge in [0.2, 0.25) is 0 Å². The summed E-state index contributed by atoms with van der Waals surface area (Å²) in [5, 5.41) is 5.83. The average Bonchev–Trinajstić information content (AvgIpc) is 3.81. The second-order valence-electron chi connectivity index (χ2n) is 13.7. The van der Waals surface area contributed by atoms with Gasteiger partial charge in [0.1, 0.15) is 16.9 Å². The van der Waals surface area contributed by atoms with E-state index in [0.717, 1.165) is 84.5 Å². The predicted octanol–water partition coefficient (Wildman–Crippen LogP) is 13.7. The minimum absolute atomic E-state index is 0.826. The van der Waals surface area contributed by atoms with Crippen LogP contribution < -0.4 is 4.90 Å². The third-order valence-electron chi connectivity index (χ3n) is 10.7. The van der Waals surface area contributed by atoms with E-state index in [1.54, 1.807) is 0 Å². The first-order valence-corrected chi connectivity index (χ1v) is 18.1. The first-order valence-electron chi connectivity index (χ1n) is 18.1. The number of rotatable bonds is 5. The Bertz CT molecular complexity index is 3080. The molecule has 0 atom stereocenters. The van der Waals surface area contributed by atoms with E-state index in [4.69, 9.17) is 8.83 Å². The van der Waals surface area contributed by atoms with Crippen LogP contribution >= 0.6 is 0 Å². The van der Waals surface area contributed by atoms with Crippen LogP contribution in [0.2, 0.25) is 0 Å². The van der Waals surface area contributed by atoms with E-state index in [2.05, 4.69) is 179 Å². The van der Waals surface area contributed by atoms with E-state index in [1.807, 2.05) is 12.1 Å². The summed E-state index contributed by atoms with van der Waals surface area (Å²) in [5.41, 5.74) is 12.7. The van der Waals surface area contributed by atoms with Crippen molar-refractivity contribution in [3.63, 3.8) is 0 Å². The lowest BCUT2D eigenvalue weighted by molar-refractivity contribution is 0.600. The Hall–Kier alpha value is -7.04. The fourth-order valence-corrected chi connectivity index (χ4v) is 8.19. The minimum atomic E-state index is 0.826. The molecule has 7 aromatic carbocycles. The molecule has 3 aromatic heterocycles. The van der Waals surface area contributed by atoms with Gasteiger partial charge in [0, 0.05) is 49.6 Å². The number of hydrogen-bond acceptors (Lipinski definition) is 3. The topological polar surface area (TPSA) is 34.5 Å². The van der Waals surface area contributed by atoms with Crippen molar-refractivity contribution in [1.82, 2.24) is 4.57 Å². The summed E-state index contributed by atoms with van der Waals surface area (Å²) in [7, 11) is 0. The predicted molar refractivity (Wildman–Crippen MR) is 220 cm³/mol. The van der Waals surface area contributed by atoms with Gasteiger partial charge in [-0.15, -0.1) is 0 Å². The highest BCUT2D eigenvalue weighted by Crippen LogP contribution is 2.44. The van der Waals surface area contributed by atoms with E-state index in [1.165, 1.54) is 21.9 Å². The quantitative estimate of drug-likeness (QED) is 0.181. The molecule has 0 unspecified atom stereocenters. The molecule has 4 heteroatoms. The van der Waals surface area contributed by atoms with Gasteiger partial charge < -0.3 is 18.3 Å². The molecule has 0 saturated heterocycles. The molecule has 0 aliphatic heterocycles. The zero-order valence-corrected chi connectivity index (χ0v) is 28.7. The average molecular weight is 681 g/mol. The lowest BCUT2D eigenvalue weighted by Gasteiger charge is -2.26. The van der Waals surface area contributed by atoms with Gasteiger partial charge >= 0.3 is 0 Å². The number of nitrogens with zero attached hydrogens (tertiary/aromatic N) is 2. The number of allylic oxidation sites excluding steroid dienone is 3. The van der Waals surface area contributed by atoms with Gasteiger partial charge in [-0.2, -0.15) is 0 Å². The molecule has 1 aliphatic rings. The van der Waals surface area contributed by atoms with Gasteiger partial charge in [-0.05, 0) is 90.4 Å². The van der Waals surface area contributed by atoms with Crippen molar-refractivity contribution in [2.45, 2.75) is 6.42 Å². The van der Waals surface area contributed by atoms with Crippen molar-refractivity contribution < 1.29 is 8.83 Å². The smallest absolute Gasteiger partial charge is 0.159 e. The number of aromatic nitrogens is 1. The molecule has 0 fully saturated rings. The molecule has 53 heavy (non-hydrogen) atoms. The monoisotopic (exact) mass is 680 g/mol. The summed E-state index contributed by atoms with van der Waals surface area (Å²) in [6.45, 7) is 0. The highest BCUT2D eigenvalue weighted by Gasteiger charge is 2.23. The van der Waals surface area contributed by atoms with Gasteiger partial charge in [-0.3, -0.25) is 0 Å². The molecule has 1 aliphatic carbocycles. The summed E-state index contributed by atoms with van der Waals surface area (Å²) in [4.78, 5) is 2.34. The Balaban J connectivity index is 1.11. The lowest BCUT2D eigenvalue weighted by atomic mass is 10.0. The molecule has 0 radical (unpaired) electrons. The third-order valence-corrected chi connectivity index (χ3v) is 10.7. The van der Waals surface area contributed by atoms with Crippen LogP contribution in [0.25, 0.3) is 77.6 Å². The molecule has 0 N–H and O–H groups in total. The fourth-order valence-electron chi connectivity index (χ4n) is 8.19.